The highest BCUT2D eigenvalue weighted by Crippen LogP contribution is 2.04. The number of nitrogens with one attached hydrogen (secondary N) is 1. The van der Waals surface area contributed by atoms with Crippen molar-refractivity contribution in [3.8, 4) is 0 Å². The lowest BCUT2D eigenvalue weighted by atomic mass is 10.5. The van der Waals surface area contributed by atoms with Crippen molar-refractivity contribution in [1.82, 2.24) is 18.7 Å². The van der Waals surface area contributed by atoms with Crippen LogP contribution in [-0.2, 0) is 21.1 Å². The Hall–Kier alpha value is -1.38. The maximum atomic E-state index is 11.8. The molecule has 0 fully saturated rings. The summed E-state index contributed by atoms with van der Waals surface area (Å²) >= 11 is 5.00. The number of halogens is 1. The standard InChI is InChI=1S/C8H10N4O2S.C2H6O.ClH/c1-10-4-5(9-7(10)15)11(2)8(14)12(3)6(4)13;1-2-3;/h1-3H3,(H,9,15);3H,2H2,1H3;1H. The van der Waals surface area contributed by atoms with E-state index < -0.39 is 0 Å². The number of aliphatic hydroxyl groups excluding tert-OH is 1. The molecule has 2 N–H and O–H groups in total. The molecule has 0 saturated heterocycles. The first kappa shape index (κ1) is 17.6. The van der Waals surface area contributed by atoms with E-state index in [0.29, 0.717) is 15.9 Å². The van der Waals surface area contributed by atoms with E-state index in [1.54, 1.807) is 25.6 Å². The highest BCUT2D eigenvalue weighted by atomic mass is 35.5. The normalized spacial score (nSPS) is 9.74. The summed E-state index contributed by atoms with van der Waals surface area (Å²) in [7, 11) is 4.72. The highest BCUT2D eigenvalue weighted by molar-refractivity contribution is 7.71. The molecule has 7 nitrogen and oxygen atoms in total. The molecule has 0 aliphatic rings. The van der Waals surface area contributed by atoms with Gasteiger partial charge >= 0.3 is 5.69 Å². The molecule has 2 aromatic heterocycles. The zero-order valence-electron chi connectivity index (χ0n) is 11.1. The SMILES string of the molecule is CCO.Cl.Cn1c(=O)c2c([nH]c(=S)n2C)n(C)c1=O. The van der Waals surface area contributed by atoms with E-state index in [4.69, 9.17) is 17.3 Å². The summed E-state index contributed by atoms with van der Waals surface area (Å²) in [4.78, 5) is 26.2. The Morgan fingerprint density at radius 1 is 1.16 bits per heavy atom. The summed E-state index contributed by atoms with van der Waals surface area (Å²) in [6, 6.07) is 0. The Morgan fingerprint density at radius 2 is 1.63 bits per heavy atom. The molecule has 19 heavy (non-hydrogen) atoms. The molecule has 0 spiro atoms. The maximum Gasteiger partial charge on any atom is 0.332 e. The van der Waals surface area contributed by atoms with Crippen LogP contribution in [-0.4, -0.2) is 30.4 Å². The van der Waals surface area contributed by atoms with Crippen LogP contribution in [0.5, 0.6) is 0 Å². The van der Waals surface area contributed by atoms with Gasteiger partial charge in [-0.3, -0.25) is 13.9 Å². The van der Waals surface area contributed by atoms with Crippen molar-refractivity contribution in [3.05, 3.63) is 25.6 Å². The van der Waals surface area contributed by atoms with Crippen LogP contribution in [0.4, 0.5) is 0 Å². The second kappa shape index (κ2) is 6.69. The van der Waals surface area contributed by atoms with E-state index in [1.807, 2.05) is 0 Å². The second-order valence-electron chi connectivity index (χ2n) is 3.71. The predicted molar refractivity (Wildman–Crippen MR) is 78.6 cm³/mol. The van der Waals surface area contributed by atoms with Gasteiger partial charge in [0.05, 0.1) is 0 Å². The van der Waals surface area contributed by atoms with E-state index in [9.17, 15) is 9.59 Å². The summed E-state index contributed by atoms with van der Waals surface area (Å²) in [6.45, 7) is 1.93. The molecule has 2 aromatic rings. The largest absolute Gasteiger partial charge is 0.397 e. The van der Waals surface area contributed by atoms with Gasteiger partial charge in [-0.15, -0.1) is 12.4 Å². The zero-order chi connectivity index (χ0) is 14.0. The molecule has 108 valence electrons. The van der Waals surface area contributed by atoms with Gasteiger partial charge in [0.25, 0.3) is 5.56 Å². The van der Waals surface area contributed by atoms with Crippen molar-refractivity contribution in [2.24, 2.45) is 21.1 Å². The van der Waals surface area contributed by atoms with Crippen molar-refractivity contribution in [3.63, 3.8) is 0 Å². The first-order valence-electron chi connectivity index (χ1n) is 5.32. The minimum Gasteiger partial charge on any atom is -0.397 e. The molecule has 0 amide bonds. The first-order chi connectivity index (χ1) is 8.36. The Labute approximate surface area is 120 Å². The van der Waals surface area contributed by atoms with Crippen molar-refractivity contribution in [2.45, 2.75) is 6.92 Å². The molecule has 0 radical (unpaired) electrons. The Kier molecular flexibility index (Phi) is 6.20. The molecule has 0 aliphatic carbocycles. The highest BCUT2D eigenvalue weighted by Gasteiger charge is 2.12. The third-order valence-corrected chi connectivity index (χ3v) is 2.88. The van der Waals surface area contributed by atoms with Crippen LogP contribution in [0.2, 0.25) is 0 Å². The lowest BCUT2D eigenvalue weighted by molar-refractivity contribution is 0.318. The molecule has 0 aliphatic heterocycles. The molecule has 9 heteroatoms. The van der Waals surface area contributed by atoms with Crippen LogP contribution < -0.4 is 11.2 Å². The molecule has 0 bridgehead atoms. The Morgan fingerprint density at radius 3 is 2.11 bits per heavy atom. The third kappa shape index (κ3) is 2.96. The van der Waals surface area contributed by atoms with Gasteiger partial charge < -0.3 is 14.7 Å². The summed E-state index contributed by atoms with van der Waals surface area (Å²) in [5, 5.41) is 7.57. The maximum absolute atomic E-state index is 11.8. The van der Waals surface area contributed by atoms with Crippen molar-refractivity contribution < 1.29 is 5.11 Å². The summed E-state index contributed by atoms with van der Waals surface area (Å²) in [6.07, 6.45) is 0. The van der Waals surface area contributed by atoms with Crippen LogP contribution in [0.25, 0.3) is 11.2 Å². The van der Waals surface area contributed by atoms with Gasteiger partial charge in [0.15, 0.2) is 10.3 Å². The van der Waals surface area contributed by atoms with Gasteiger partial charge in [-0.25, -0.2) is 4.79 Å². The van der Waals surface area contributed by atoms with Gasteiger partial charge in [0, 0.05) is 27.7 Å². The molecule has 2 heterocycles. The predicted octanol–water partition coefficient (Wildman–Crippen LogP) is 0.0537. The van der Waals surface area contributed by atoms with Gasteiger partial charge in [-0.1, -0.05) is 0 Å². The smallest absolute Gasteiger partial charge is 0.332 e. The number of rotatable bonds is 0. The fourth-order valence-corrected chi connectivity index (χ4v) is 1.75. The minimum absolute atomic E-state index is 0. The quantitative estimate of drug-likeness (QED) is 0.674. The van der Waals surface area contributed by atoms with Crippen LogP contribution >= 0.6 is 24.6 Å². The Bertz CT molecular complexity index is 740. The lowest BCUT2D eigenvalue weighted by Gasteiger charge is -2.03. The topological polar surface area (TPSA) is 84.9 Å². The molecular weight excluding hydrogens is 292 g/mol. The van der Waals surface area contributed by atoms with E-state index in [0.717, 1.165) is 4.57 Å². The number of hydrogen-bond acceptors (Lipinski definition) is 4. The number of H-pyrrole nitrogens is 1. The van der Waals surface area contributed by atoms with Gasteiger partial charge in [0.2, 0.25) is 0 Å². The van der Waals surface area contributed by atoms with Gasteiger partial charge in [-0.2, -0.15) is 0 Å². The zero-order valence-corrected chi connectivity index (χ0v) is 12.8. The van der Waals surface area contributed by atoms with Crippen LogP contribution in [0, 0.1) is 4.77 Å². The summed E-state index contributed by atoms with van der Waals surface area (Å²) in [5.41, 5.74) is 0.146. The number of aryl methyl sites for hydroxylation is 2. The van der Waals surface area contributed by atoms with E-state index in [-0.39, 0.29) is 30.3 Å². The number of aliphatic hydroxyl groups is 1. The Balaban J connectivity index is 0.000000742. The fourth-order valence-electron chi connectivity index (χ4n) is 1.56. The van der Waals surface area contributed by atoms with Crippen LogP contribution in [0.15, 0.2) is 9.59 Å². The molecule has 0 unspecified atom stereocenters. The average molecular weight is 309 g/mol. The van der Waals surface area contributed by atoms with Gasteiger partial charge in [-0.05, 0) is 19.1 Å². The lowest BCUT2D eigenvalue weighted by Crippen LogP contribution is -2.37. The monoisotopic (exact) mass is 308 g/mol. The molecule has 0 atom stereocenters. The number of fused-ring (bicyclic) bond motifs is 1. The minimum atomic E-state index is -0.371. The molecular formula is C10H17ClN4O3S. The second-order valence-corrected chi connectivity index (χ2v) is 4.10. The average Bonchev–Trinajstić information content (AvgIpc) is 2.62. The van der Waals surface area contributed by atoms with Crippen molar-refractivity contribution in [1.29, 1.82) is 0 Å². The van der Waals surface area contributed by atoms with Crippen molar-refractivity contribution >= 4 is 35.8 Å². The summed E-state index contributed by atoms with van der Waals surface area (Å²) < 4.78 is 4.41. The fraction of sp³-hybridized carbons (Fsp3) is 0.500. The van der Waals surface area contributed by atoms with Crippen LogP contribution in [0.3, 0.4) is 0 Å². The number of imidazole rings is 1. The third-order valence-electron chi connectivity index (χ3n) is 2.51. The van der Waals surface area contributed by atoms with Crippen molar-refractivity contribution in [2.75, 3.05) is 6.61 Å². The number of hydrogen-bond donors (Lipinski definition) is 2. The molecule has 0 aromatic carbocycles. The van der Waals surface area contributed by atoms with E-state index in [1.165, 1.54) is 11.6 Å². The van der Waals surface area contributed by atoms with E-state index >= 15 is 0 Å². The molecule has 2 rings (SSSR count). The van der Waals surface area contributed by atoms with E-state index in [2.05, 4.69) is 4.98 Å². The molecule has 0 saturated carbocycles. The summed E-state index contributed by atoms with van der Waals surface area (Å²) in [5.74, 6) is 0. The number of aromatic nitrogens is 4. The number of aromatic amines is 1. The number of nitrogens with zero attached hydrogens (tertiary/aromatic N) is 3. The first-order valence-corrected chi connectivity index (χ1v) is 5.73. The van der Waals surface area contributed by atoms with Gasteiger partial charge in [0.1, 0.15) is 5.65 Å². The van der Waals surface area contributed by atoms with Crippen LogP contribution in [0.1, 0.15) is 6.92 Å².